The lowest BCUT2D eigenvalue weighted by Crippen LogP contribution is -2.00. The van der Waals surface area contributed by atoms with Crippen LogP contribution in [0.2, 0.25) is 0 Å². The number of hydrogen-bond donors (Lipinski definition) is 1. The molecule has 3 nitrogen and oxygen atoms in total. The van der Waals surface area contributed by atoms with Crippen molar-refractivity contribution in [2.75, 3.05) is 6.61 Å². The molecular formula is C8H13NO2. The van der Waals surface area contributed by atoms with E-state index in [0.29, 0.717) is 19.8 Å². The first-order chi connectivity index (χ1) is 5.38. The molecule has 0 aromatic carbocycles. The minimum Gasteiger partial charge on any atom is -0.467 e. The van der Waals surface area contributed by atoms with E-state index in [-0.39, 0.29) is 0 Å². The van der Waals surface area contributed by atoms with E-state index in [9.17, 15) is 0 Å². The maximum absolute atomic E-state index is 5.45. The molecule has 0 aliphatic heterocycles. The molecule has 0 fully saturated rings. The van der Waals surface area contributed by atoms with Crippen LogP contribution < -0.4 is 5.73 Å². The third kappa shape index (κ3) is 2.06. The zero-order valence-electron chi connectivity index (χ0n) is 6.67. The predicted octanol–water partition coefficient (Wildman–Crippen LogP) is 1.27. The van der Waals surface area contributed by atoms with Gasteiger partial charge < -0.3 is 14.9 Å². The molecule has 3 heteroatoms. The average Bonchev–Trinajstić information content (AvgIpc) is 2.47. The Morgan fingerprint density at radius 1 is 1.64 bits per heavy atom. The van der Waals surface area contributed by atoms with Crippen molar-refractivity contribution in [2.45, 2.75) is 20.1 Å². The molecule has 0 unspecified atom stereocenters. The Bertz CT molecular complexity index is 208. The second-order valence-corrected chi connectivity index (χ2v) is 2.21. The highest BCUT2D eigenvalue weighted by Crippen LogP contribution is 2.10. The molecule has 1 aromatic heterocycles. The second kappa shape index (κ2) is 4.16. The summed E-state index contributed by atoms with van der Waals surface area (Å²) in [6.45, 7) is 3.69. The van der Waals surface area contributed by atoms with Gasteiger partial charge in [0, 0.05) is 18.7 Å². The first-order valence-electron chi connectivity index (χ1n) is 3.71. The Labute approximate surface area is 66.1 Å². The van der Waals surface area contributed by atoms with Crippen LogP contribution in [0.4, 0.5) is 0 Å². The van der Waals surface area contributed by atoms with Crippen molar-refractivity contribution in [3.05, 3.63) is 23.7 Å². The molecule has 0 saturated heterocycles. The summed E-state index contributed by atoms with van der Waals surface area (Å²) in [5.41, 5.74) is 6.48. The van der Waals surface area contributed by atoms with Crippen molar-refractivity contribution in [1.82, 2.24) is 0 Å². The quantitative estimate of drug-likeness (QED) is 0.712. The molecule has 0 amide bonds. The summed E-state index contributed by atoms with van der Waals surface area (Å²) in [7, 11) is 0. The lowest BCUT2D eigenvalue weighted by Gasteiger charge is -1.99. The largest absolute Gasteiger partial charge is 0.467 e. The fourth-order valence-corrected chi connectivity index (χ4v) is 0.870. The van der Waals surface area contributed by atoms with E-state index < -0.39 is 0 Å². The average molecular weight is 155 g/mol. The fraction of sp³-hybridized carbons (Fsp3) is 0.500. The summed E-state index contributed by atoms with van der Waals surface area (Å²) in [5, 5.41) is 0. The fourth-order valence-electron chi connectivity index (χ4n) is 0.870. The molecule has 62 valence electrons. The lowest BCUT2D eigenvalue weighted by molar-refractivity contribution is 0.117. The standard InChI is InChI=1S/C8H13NO2/c1-2-10-6-8-7(5-9)3-4-11-8/h3-4H,2,5-6,9H2,1H3. The van der Waals surface area contributed by atoms with Gasteiger partial charge in [0.2, 0.25) is 0 Å². The highest BCUT2D eigenvalue weighted by atomic mass is 16.5. The van der Waals surface area contributed by atoms with E-state index in [0.717, 1.165) is 11.3 Å². The Hall–Kier alpha value is -0.800. The van der Waals surface area contributed by atoms with Crippen LogP contribution in [-0.2, 0) is 17.9 Å². The van der Waals surface area contributed by atoms with Crippen molar-refractivity contribution in [1.29, 1.82) is 0 Å². The molecule has 0 radical (unpaired) electrons. The van der Waals surface area contributed by atoms with Crippen LogP contribution >= 0.6 is 0 Å². The normalized spacial score (nSPS) is 10.4. The number of ether oxygens (including phenoxy) is 1. The minimum absolute atomic E-state index is 0.513. The molecule has 0 spiro atoms. The predicted molar refractivity (Wildman–Crippen MR) is 41.9 cm³/mol. The van der Waals surface area contributed by atoms with Gasteiger partial charge in [0.05, 0.1) is 6.26 Å². The smallest absolute Gasteiger partial charge is 0.133 e. The van der Waals surface area contributed by atoms with Crippen LogP contribution in [0.1, 0.15) is 18.2 Å². The van der Waals surface area contributed by atoms with E-state index in [1.807, 2.05) is 13.0 Å². The highest BCUT2D eigenvalue weighted by Gasteiger charge is 2.02. The van der Waals surface area contributed by atoms with Crippen molar-refractivity contribution in [3.8, 4) is 0 Å². The van der Waals surface area contributed by atoms with E-state index in [1.54, 1.807) is 6.26 Å². The Kier molecular flexibility index (Phi) is 3.14. The number of rotatable bonds is 4. The van der Waals surface area contributed by atoms with Crippen molar-refractivity contribution >= 4 is 0 Å². The molecule has 1 aromatic rings. The molecule has 0 saturated carbocycles. The topological polar surface area (TPSA) is 48.4 Å². The van der Waals surface area contributed by atoms with Gasteiger partial charge in [-0.05, 0) is 13.0 Å². The maximum atomic E-state index is 5.45. The summed E-state index contributed by atoms with van der Waals surface area (Å²) >= 11 is 0. The zero-order valence-corrected chi connectivity index (χ0v) is 6.67. The lowest BCUT2D eigenvalue weighted by atomic mass is 10.2. The first kappa shape index (κ1) is 8.30. The number of nitrogens with two attached hydrogens (primary N) is 1. The van der Waals surface area contributed by atoms with Crippen LogP contribution in [0, 0.1) is 0 Å². The Morgan fingerprint density at radius 3 is 3.09 bits per heavy atom. The van der Waals surface area contributed by atoms with Gasteiger partial charge in [0.15, 0.2) is 0 Å². The van der Waals surface area contributed by atoms with E-state index in [4.69, 9.17) is 14.9 Å². The highest BCUT2D eigenvalue weighted by molar-refractivity contribution is 5.15. The monoisotopic (exact) mass is 155 g/mol. The molecule has 0 bridgehead atoms. The van der Waals surface area contributed by atoms with Crippen LogP contribution in [0.25, 0.3) is 0 Å². The van der Waals surface area contributed by atoms with Gasteiger partial charge in [-0.1, -0.05) is 0 Å². The number of hydrogen-bond acceptors (Lipinski definition) is 3. The van der Waals surface area contributed by atoms with Gasteiger partial charge in [-0.3, -0.25) is 0 Å². The summed E-state index contributed by atoms with van der Waals surface area (Å²) < 4.78 is 10.3. The van der Waals surface area contributed by atoms with Gasteiger partial charge in [-0.2, -0.15) is 0 Å². The maximum Gasteiger partial charge on any atom is 0.133 e. The van der Waals surface area contributed by atoms with Crippen molar-refractivity contribution in [2.24, 2.45) is 5.73 Å². The third-order valence-corrected chi connectivity index (χ3v) is 1.49. The SMILES string of the molecule is CCOCc1occc1CN. The summed E-state index contributed by atoms with van der Waals surface area (Å²) in [6, 6.07) is 1.87. The molecular weight excluding hydrogens is 142 g/mol. The zero-order chi connectivity index (χ0) is 8.10. The molecule has 1 rings (SSSR count). The van der Waals surface area contributed by atoms with Gasteiger partial charge in [0.1, 0.15) is 12.4 Å². The van der Waals surface area contributed by atoms with Crippen LogP contribution in [0.5, 0.6) is 0 Å². The first-order valence-corrected chi connectivity index (χ1v) is 3.71. The van der Waals surface area contributed by atoms with Gasteiger partial charge in [0.25, 0.3) is 0 Å². The molecule has 11 heavy (non-hydrogen) atoms. The number of furan rings is 1. The van der Waals surface area contributed by atoms with Crippen LogP contribution in [0.3, 0.4) is 0 Å². The van der Waals surface area contributed by atoms with E-state index >= 15 is 0 Å². The summed E-state index contributed by atoms with van der Waals surface area (Å²) in [6.07, 6.45) is 1.64. The molecule has 0 aliphatic rings. The van der Waals surface area contributed by atoms with Gasteiger partial charge >= 0.3 is 0 Å². The van der Waals surface area contributed by atoms with Gasteiger partial charge in [-0.15, -0.1) is 0 Å². The van der Waals surface area contributed by atoms with Crippen LogP contribution in [-0.4, -0.2) is 6.61 Å². The second-order valence-electron chi connectivity index (χ2n) is 2.21. The summed E-state index contributed by atoms with van der Waals surface area (Å²) in [5.74, 6) is 0.842. The Balaban J connectivity index is 2.54. The van der Waals surface area contributed by atoms with E-state index in [1.165, 1.54) is 0 Å². The molecule has 1 heterocycles. The molecule has 0 aliphatic carbocycles. The minimum atomic E-state index is 0.513. The third-order valence-electron chi connectivity index (χ3n) is 1.49. The Morgan fingerprint density at radius 2 is 2.45 bits per heavy atom. The van der Waals surface area contributed by atoms with Crippen LogP contribution in [0.15, 0.2) is 16.7 Å². The van der Waals surface area contributed by atoms with Crippen molar-refractivity contribution < 1.29 is 9.15 Å². The van der Waals surface area contributed by atoms with Gasteiger partial charge in [-0.25, -0.2) is 0 Å². The molecule has 2 N–H and O–H groups in total. The van der Waals surface area contributed by atoms with Crippen molar-refractivity contribution in [3.63, 3.8) is 0 Å². The molecule has 0 atom stereocenters. The van der Waals surface area contributed by atoms with E-state index in [2.05, 4.69) is 0 Å². The summed E-state index contributed by atoms with van der Waals surface area (Å²) in [4.78, 5) is 0.